The highest BCUT2D eigenvalue weighted by Crippen LogP contribution is 2.45. The number of para-hydroxylation sites is 4. The Morgan fingerprint density at radius 3 is 0.724 bits per heavy atom. The molecule has 4 aliphatic heterocycles. The van der Waals surface area contributed by atoms with Crippen LogP contribution in [0.25, 0.3) is 24.3 Å². The number of rotatable bonds is 37. The summed E-state index contributed by atoms with van der Waals surface area (Å²) in [6, 6.07) is 41.8. The van der Waals surface area contributed by atoms with Crippen molar-refractivity contribution in [1.82, 2.24) is 20.4 Å². The Labute approximate surface area is 782 Å². The molecule has 0 saturated heterocycles. The number of anilines is 8. The van der Waals surface area contributed by atoms with E-state index in [1.807, 2.05) is 97.1 Å². The number of hydrogen-bond acceptors (Lipinski definition) is 20. The minimum absolute atomic E-state index is 0.0289. The van der Waals surface area contributed by atoms with E-state index in [4.69, 9.17) is 0 Å². The third-order valence-electron chi connectivity index (χ3n) is 25.8. The van der Waals surface area contributed by atoms with Gasteiger partial charge < -0.3 is 61.3 Å². The molecule has 0 radical (unpaired) electrons. The van der Waals surface area contributed by atoms with E-state index in [0.29, 0.717) is 22.8 Å². The summed E-state index contributed by atoms with van der Waals surface area (Å²) >= 11 is 0. The molecule has 0 fully saturated rings. The zero-order valence-electron chi connectivity index (χ0n) is 77.4. The Hall–Kier alpha value is -14.7. The molecule has 4 amide bonds. The minimum atomic E-state index is -0.548. The Morgan fingerprint density at radius 1 is 0.254 bits per heavy atom. The van der Waals surface area contributed by atoms with E-state index in [0.717, 1.165) is 171 Å². The van der Waals surface area contributed by atoms with Gasteiger partial charge in [0.25, 0.3) is 23.6 Å². The molecule has 0 atom stereocenters. The molecule has 686 valence electrons. The van der Waals surface area contributed by atoms with Crippen LogP contribution in [0.3, 0.4) is 0 Å². The maximum Gasteiger partial charge on any atom is 0.253 e. The first kappa shape index (κ1) is 92.6. The highest BCUT2D eigenvalue weighted by molar-refractivity contribution is 6.43. The van der Waals surface area contributed by atoms with E-state index >= 15 is 9.59 Å². The first-order chi connectivity index (χ1) is 65.1. The number of hydrogen-bond donors (Lipinski definition) is 6. The quantitative estimate of drug-likeness (QED) is 0.0120. The summed E-state index contributed by atoms with van der Waals surface area (Å²) < 4.78 is 0. The molecular weight excluding hydrogens is 1680 g/mol. The SMILES string of the molecule is CCCN(CCC)c1cccc2c1N/C(=C1\C(=O)c3ccc(C(=O)NCCCN(CCCCN(CCCNC(=O)c4ccc5c(c4)C(=O)/C(=C4\C=Cc6cccc(N(CCC)CCC)c6N4)C5=O)C(=O)c4ccc5c(c4)C(=O)/C(=C4\C=Cc6cccc(N(CCC)CCC)c6N4)C5=O)C(=O)c4ccc5c(c4)C(=O)/C(=C4\C=Cc6cccc(N(CCC)CCC)c6N4)C5=O)cc3C1=O)C=C2. The number of carbonyl (C=O) groups is 12. The van der Waals surface area contributed by atoms with Crippen molar-refractivity contribution >= 4 is 140 Å². The molecule has 0 bridgehead atoms. The summed E-state index contributed by atoms with van der Waals surface area (Å²) in [5, 5.41) is 19.7. The van der Waals surface area contributed by atoms with Crippen molar-refractivity contribution in [2.75, 3.05) is 132 Å². The molecule has 8 aliphatic rings. The molecule has 0 saturated carbocycles. The van der Waals surface area contributed by atoms with Crippen LogP contribution >= 0.6 is 0 Å². The maximum atomic E-state index is 15.4. The number of fused-ring (bicyclic) bond motifs is 8. The smallest absolute Gasteiger partial charge is 0.253 e. The topological polar surface area (TPSA) is 296 Å². The van der Waals surface area contributed by atoms with Crippen LogP contribution in [0.5, 0.6) is 0 Å². The van der Waals surface area contributed by atoms with Crippen LogP contribution in [-0.2, 0) is 0 Å². The van der Waals surface area contributed by atoms with E-state index in [2.05, 4.69) is 107 Å². The summed E-state index contributed by atoms with van der Waals surface area (Å²) in [7, 11) is 0. The van der Waals surface area contributed by atoms with E-state index in [1.54, 1.807) is 34.1 Å². The van der Waals surface area contributed by atoms with Gasteiger partial charge in [0, 0.05) is 181 Å². The lowest BCUT2D eigenvalue weighted by Crippen LogP contribution is -2.37. The van der Waals surface area contributed by atoms with Gasteiger partial charge >= 0.3 is 0 Å². The summed E-state index contributed by atoms with van der Waals surface area (Å²) in [6.07, 6.45) is 22.8. The predicted molar refractivity (Wildman–Crippen MR) is 531 cm³/mol. The average molecular weight is 1800 g/mol. The van der Waals surface area contributed by atoms with E-state index in [1.165, 1.54) is 72.8 Å². The molecule has 8 aromatic rings. The second-order valence-corrected chi connectivity index (χ2v) is 35.1. The fraction of sp³-hybridized carbons (Fsp3) is 0.309. The van der Waals surface area contributed by atoms with Gasteiger partial charge in [-0.3, -0.25) is 57.5 Å². The lowest BCUT2D eigenvalue weighted by molar-refractivity contribution is 0.0718. The van der Waals surface area contributed by atoms with Crippen LogP contribution in [0.2, 0.25) is 0 Å². The van der Waals surface area contributed by atoms with Crippen LogP contribution in [-0.4, -0.2) is 171 Å². The fourth-order valence-electron chi connectivity index (χ4n) is 19.4. The van der Waals surface area contributed by atoms with Gasteiger partial charge in [0.05, 0.1) is 90.6 Å². The molecular formula is C110H114N12O12. The lowest BCUT2D eigenvalue weighted by Gasteiger charge is -2.29. The van der Waals surface area contributed by atoms with Gasteiger partial charge in [0.15, 0.2) is 46.3 Å². The molecule has 0 unspecified atom stereocenters. The van der Waals surface area contributed by atoms with Gasteiger partial charge in [0.1, 0.15) is 0 Å². The zero-order valence-corrected chi connectivity index (χ0v) is 77.4. The summed E-state index contributed by atoms with van der Waals surface area (Å²) in [5.41, 5.74) is 13.3. The lowest BCUT2D eigenvalue weighted by atomic mass is 10.0. The highest BCUT2D eigenvalue weighted by atomic mass is 16.2. The van der Waals surface area contributed by atoms with Gasteiger partial charge in [-0.15, -0.1) is 0 Å². The van der Waals surface area contributed by atoms with Crippen molar-refractivity contribution < 1.29 is 57.5 Å². The Morgan fingerprint density at radius 2 is 0.478 bits per heavy atom. The minimum Gasteiger partial charge on any atom is -0.370 e. The number of ketones is 8. The summed E-state index contributed by atoms with van der Waals surface area (Å²) in [6.45, 7) is 23.8. The largest absolute Gasteiger partial charge is 0.370 e. The van der Waals surface area contributed by atoms with E-state index < -0.39 is 69.9 Å². The Kier molecular flexibility index (Phi) is 28.3. The number of amides is 4. The monoisotopic (exact) mass is 1790 g/mol. The zero-order chi connectivity index (χ0) is 94.1. The Bertz CT molecular complexity index is 6060. The number of unbranched alkanes of at least 4 members (excludes halogenated alkanes) is 1. The van der Waals surface area contributed by atoms with Crippen molar-refractivity contribution in [3.63, 3.8) is 0 Å². The molecule has 8 aromatic carbocycles. The van der Waals surface area contributed by atoms with E-state index in [-0.39, 0.29) is 154 Å². The van der Waals surface area contributed by atoms with Crippen molar-refractivity contribution in [3.05, 3.63) is 304 Å². The number of allylic oxidation sites excluding steroid dienone is 8. The fourth-order valence-corrected chi connectivity index (χ4v) is 19.4. The standard InChI is InChI=1S/C110H114N12O12/c1-9-51-117(52-10-2)87-29-19-25-67-37-45-83(113-95(67)87)91-99(123)75-41-33-71(63-79(75)103(91)127)107(131)111-49-23-61-121(109(133)73-35-43-77-81(65-73)105(129)93(101(77)125)85-47-39-69-27-21-31-89(97(69)115-85)119(55-13-5)56-14-6)59-17-18-60-122(110(134)74-36-44-78-82(66-74)106(130)94(102(78)126)86-48-40-70-28-22-32-90(98(70)116-86)120(57-15-7)58-16-8)62-24-50-112-108(132)72-34-42-76-80(64-72)104(128)92(100(76)124)84-46-38-68-26-20-30-88(96(68)114-84)118(53-11-3)54-12-4/h19-22,25-48,63-66,113-116H,9-18,23-24,49-62H2,1-8H3,(H,111,131)(H,112,132)/b91-83+,92-84+,93-85+,94-86+. The third-order valence-corrected chi connectivity index (χ3v) is 25.8. The first-order valence-corrected chi connectivity index (χ1v) is 47.5. The van der Waals surface area contributed by atoms with E-state index in [9.17, 15) is 47.9 Å². The van der Waals surface area contributed by atoms with Gasteiger partial charge in [0.2, 0.25) is 0 Å². The molecule has 134 heavy (non-hydrogen) atoms. The first-order valence-electron chi connectivity index (χ1n) is 47.5. The van der Waals surface area contributed by atoms with Crippen LogP contribution < -0.4 is 51.5 Å². The molecule has 16 rings (SSSR count). The Balaban J connectivity index is 0.651. The number of nitrogens with zero attached hydrogens (tertiary/aromatic N) is 6. The molecule has 24 heteroatoms. The molecule has 0 aromatic heterocycles. The molecule has 0 spiro atoms. The number of carbonyl (C=O) groups excluding carboxylic acids is 12. The van der Waals surface area contributed by atoms with Crippen LogP contribution in [0, 0.1) is 0 Å². The van der Waals surface area contributed by atoms with Gasteiger partial charge in [-0.2, -0.15) is 0 Å². The van der Waals surface area contributed by atoms with Gasteiger partial charge in [-0.25, -0.2) is 0 Å². The number of Topliss-reactive ketones (excluding diaryl/α,β-unsaturated/α-hetero) is 8. The normalized spacial score (nSPS) is 16.7. The van der Waals surface area contributed by atoms with Crippen molar-refractivity contribution in [3.8, 4) is 0 Å². The molecule has 4 heterocycles. The van der Waals surface area contributed by atoms with Crippen LogP contribution in [0.4, 0.5) is 45.5 Å². The highest BCUT2D eigenvalue weighted by Gasteiger charge is 2.43. The van der Waals surface area contributed by atoms with Gasteiger partial charge in [-0.1, -0.05) is 128 Å². The number of nitrogens with one attached hydrogen (secondary N) is 6. The van der Waals surface area contributed by atoms with Crippen molar-refractivity contribution in [1.29, 1.82) is 0 Å². The number of benzene rings is 8. The maximum absolute atomic E-state index is 15.4. The molecule has 24 nitrogen and oxygen atoms in total. The van der Waals surface area contributed by atoms with Crippen LogP contribution in [0.15, 0.2) is 215 Å². The third kappa shape index (κ3) is 18.3. The average Bonchev–Trinajstić information content (AvgIpc) is 1.62. The van der Waals surface area contributed by atoms with Gasteiger partial charge in [-0.05, 0) is 198 Å². The second-order valence-electron chi connectivity index (χ2n) is 35.1. The second kappa shape index (κ2) is 41.0. The summed E-state index contributed by atoms with van der Waals surface area (Å²) in [5.74, 6) is -6.07. The van der Waals surface area contributed by atoms with Crippen molar-refractivity contribution in [2.24, 2.45) is 0 Å². The molecule has 6 N–H and O–H groups in total. The molecule has 4 aliphatic carbocycles. The van der Waals surface area contributed by atoms with Crippen LogP contribution in [0.1, 0.15) is 279 Å². The summed E-state index contributed by atoms with van der Waals surface area (Å²) in [4.78, 5) is 188. The van der Waals surface area contributed by atoms with Crippen molar-refractivity contribution in [2.45, 2.75) is 132 Å². The predicted octanol–water partition coefficient (Wildman–Crippen LogP) is 19.3.